The van der Waals surface area contributed by atoms with Gasteiger partial charge in [-0.25, -0.2) is 0 Å². The summed E-state index contributed by atoms with van der Waals surface area (Å²) < 4.78 is 0. The molecular formula is C14H14ClN3O2. The van der Waals surface area contributed by atoms with E-state index in [0.29, 0.717) is 22.9 Å². The van der Waals surface area contributed by atoms with Crippen LogP contribution in [0.5, 0.6) is 0 Å². The Balaban J connectivity index is 1.94. The normalized spacial score (nSPS) is 10.2. The van der Waals surface area contributed by atoms with E-state index in [0.717, 1.165) is 12.0 Å². The first kappa shape index (κ1) is 14.1. The third-order valence-corrected chi connectivity index (χ3v) is 3.14. The third-order valence-electron chi connectivity index (χ3n) is 2.89. The van der Waals surface area contributed by atoms with Crippen molar-refractivity contribution >= 4 is 28.7 Å². The molecule has 0 fully saturated rings. The van der Waals surface area contributed by atoms with Crippen LogP contribution in [0, 0.1) is 10.1 Å². The van der Waals surface area contributed by atoms with E-state index in [1.807, 2.05) is 24.3 Å². The van der Waals surface area contributed by atoms with Gasteiger partial charge in [-0.2, -0.15) is 0 Å². The standard InChI is InChI=1S/C14H14ClN3O2/c15-11-3-1-10(2-4-11)7-8-17-14-6-5-12(18(19)20)9-13(14)16/h1-6,9,17H,7-8,16H2. The van der Waals surface area contributed by atoms with E-state index in [9.17, 15) is 10.1 Å². The van der Waals surface area contributed by atoms with Crippen LogP contribution in [0.25, 0.3) is 0 Å². The molecule has 0 aliphatic heterocycles. The molecule has 0 bridgehead atoms. The van der Waals surface area contributed by atoms with Crippen molar-refractivity contribution < 1.29 is 4.92 Å². The fourth-order valence-electron chi connectivity index (χ4n) is 1.82. The van der Waals surface area contributed by atoms with Crippen molar-refractivity contribution in [2.75, 3.05) is 17.6 Å². The molecule has 0 saturated heterocycles. The highest BCUT2D eigenvalue weighted by atomic mass is 35.5. The topological polar surface area (TPSA) is 81.2 Å². The number of hydrogen-bond donors (Lipinski definition) is 2. The van der Waals surface area contributed by atoms with E-state index >= 15 is 0 Å². The molecule has 0 aliphatic carbocycles. The molecule has 2 aromatic rings. The Kier molecular flexibility index (Phi) is 4.42. The van der Waals surface area contributed by atoms with Crippen LogP contribution in [0.1, 0.15) is 5.56 Å². The number of nitrogens with zero attached hydrogens (tertiary/aromatic N) is 1. The quantitative estimate of drug-likeness (QED) is 0.502. The fraction of sp³-hybridized carbons (Fsp3) is 0.143. The number of nitro benzene ring substituents is 1. The van der Waals surface area contributed by atoms with Crippen molar-refractivity contribution in [3.05, 3.63) is 63.2 Å². The summed E-state index contributed by atoms with van der Waals surface area (Å²) in [5, 5.41) is 14.5. The number of benzene rings is 2. The van der Waals surface area contributed by atoms with Gasteiger partial charge in [0.05, 0.1) is 16.3 Å². The van der Waals surface area contributed by atoms with E-state index in [4.69, 9.17) is 17.3 Å². The zero-order chi connectivity index (χ0) is 14.5. The van der Waals surface area contributed by atoms with Gasteiger partial charge in [0.15, 0.2) is 0 Å². The zero-order valence-electron chi connectivity index (χ0n) is 10.7. The number of hydrogen-bond acceptors (Lipinski definition) is 4. The van der Waals surface area contributed by atoms with E-state index in [2.05, 4.69) is 5.32 Å². The average molecular weight is 292 g/mol. The van der Waals surface area contributed by atoms with Gasteiger partial charge in [0, 0.05) is 23.7 Å². The van der Waals surface area contributed by atoms with E-state index in [-0.39, 0.29) is 5.69 Å². The lowest BCUT2D eigenvalue weighted by Crippen LogP contribution is -2.07. The largest absolute Gasteiger partial charge is 0.397 e. The Morgan fingerprint density at radius 2 is 1.90 bits per heavy atom. The van der Waals surface area contributed by atoms with Gasteiger partial charge in [0.2, 0.25) is 0 Å². The summed E-state index contributed by atoms with van der Waals surface area (Å²) in [6.07, 6.45) is 0.813. The van der Waals surface area contributed by atoms with Gasteiger partial charge in [-0.1, -0.05) is 23.7 Å². The molecule has 0 atom stereocenters. The van der Waals surface area contributed by atoms with Crippen molar-refractivity contribution in [3.63, 3.8) is 0 Å². The summed E-state index contributed by atoms with van der Waals surface area (Å²) in [7, 11) is 0. The molecule has 0 radical (unpaired) electrons. The van der Waals surface area contributed by atoms with Gasteiger partial charge >= 0.3 is 0 Å². The Hall–Kier alpha value is -2.27. The maximum Gasteiger partial charge on any atom is 0.271 e. The molecular weight excluding hydrogens is 278 g/mol. The number of nitro groups is 1. The molecule has 0 saturated carbocycles. The third kappa shape index (κ3) is 3.61. The second-order valence-electron chi connectivity index (χ2n) is 4.33. The van der Waals surface area contributed by atoms with Gasteiger partial charge in [0.25, 0.3) is 5.69 Å². The summed E-state index contributed by atoms with van der Waals surface area (Å²) in [5.41, 5.74) is 7.99. The number of nitrogen functional groups attached to an aromatic ring is 1. The first-order valence-electron chi connectivity index (χ1n) is 6.08. The van der Waals surface area contributed by atoms with E-state index < -0.39 is 4.92 Å². The molecule has 104 valence electrons. The van der Waals surface area contributed by atoms with Crippen LogP contribution in [-0.2, 0) is 6.42 Å². The molecule has 20 heavy (non-hydrogen) atoms. The van der Waals surface area contributed by atoms with Crippen molar-refractivity contribution in [1.29, 1.82) is 0 Å². The number of nitrogens with one attached hydrogen (secondary N) is 1. The zero-order valence-corrected chi connectivity index (χ0v) is 11.4. The predicted octanol–water partition coefficient (Wildman–Crippen LogP) is 3.49. The van der Waals surface area contributed by atoms with Gasteiger partial charge in [-0.3, -0.25) is 10.1 Å². The Morgan fingerprint density at radius 3 is 2.50 bits per heavy atom. The highest BCUT2D eigenvalue weighted by Crippen LogP contribution is 2.24. The average Bonchev–Trinajstić information content (AvgIpc) is 2.42. The molecule has 6 heteroatoms. The van der Waals surface area contributed by atoms with Gasteiger partial charge in [-0.15, -0.1) is 0 Å². The first-order valence-corrected chi connectivity index (χ1v) is 6.46. The molecule has 3 N–H and O–H groups in total. The number of rotatable bonds is 5. The number of halogens is 1. The minimum atomic E-state index is -0.464. The summed E-state index contributed by atoms with van der Waals surface area (Å²) in [6, 6.07) is 12.0. The maximum absolute atomic E-state index is 10.6. The number of nitrogens with two attached hydrogens (primary N) is 1. The van der Waals surface area contributed by atoms with Crippen LogP contribution < -0.4 is 11.1 Å². The minimum Gasteiger partial charge on any atom is -0.397 e. The van der Waals surface area contributed by atoms with Gasteiger partial charge in [0.1, 0.15) is 0 Å². The van der Waals surface area contributed by atoms with E-state index in [1.165, 1.54) is 12.1 Å². The Bertz CT molecular complexity index is 614. The van der Waals surface area contributed by atoms with Crippen molar-refractivity contribution in [2.24, 2.45) is 0 Å². The highest BCUT2D eigenvalue weighted by molar-refractivity contribution is 6.30. The smallest absolute Gasteiger partial charge is 0.271 e. The lowest BCUT2D eigenvalue weighted by molar-refractivity contribution is -0.384. The molecule has 0 aliphatic rings. The monoisotopic (exact) mass is 291 g/mol. The van der Waals surface area contributed by atoms with Gasteiger partial charge < -0.3 is 11.1 Å². The molecule has 0 aromatic heterocycles. The lowest BCUT2D eigenvalue weighted by atomic mass is 10.1. The number of anilines is 2. The van der Waals surface area contributed by atoms with Crippen LogP contribution in [0.4, 0.5) is 17.1 Å². The second kappa shape index (κ2) is 6.25. The Labute approximate surface area is 121 Å². The SMILES string of the molecule is Nc1cc([N+](=O)[O-])ccc1NCCc1ccc(Cl)cc1. The first-order chi connectivity index (χ1) is 9.56. The summed E-state index contributed by atoms with van der Waals surface area (Å²) in [4.78, 5) is 10.1. The van der Waals surface area contributed by atoms with Gasteiger partial charge in [-0.05, 0) is 30.2 Å². The van der Waals surface area contributed by atoms with Crippen LogP contribution in [0.3, 0.4) is 0 Å². The van der Waals surface area contributed by atoms with Crippen LogP contribution in [0.15, 0.2) is 42.5 Å². The predicted molar refractivity (Wildman–Crippen MR) is 81.2 cm³/mol. The van der Waals surface area contributed by atoms with Crippen molar-refractivity contribution in [3.8, 4) is 0 Å². The number of non-ortho nitro benzene ring substituents is 1. The summed E-state index contributed by atoms with van der Waals surface area (Å²) in [5.74, 6) is 0. The Morgan fingerprint density at radius 1 is 1.20 bits per heavy atom. The van der Waals surface area contributed by atoms with Crippen LogP contribution in [-0.4, -0.2) is 11.5 Å². The maximum atomic E-state index is 10.6. The molecule has 2 aromatic carbocycles. The van der Waals surface area contributed by atoms with Crippen molar-refractivity contribution in [1.82, 2.24) is 0 Å². The van der Waals surface area contributed by atoms with Crippen LogP contribution in [0.2, 0.25) is 5.02 Å². The van der Waals surface area contributed by atoms with E-state index in [1.54, 1.807) is 6.07 Å². The highest BCUT2D eigenvalue weighted by Gasteiger charge is 2.08. The lowest BCUT2D eigenvalue weighted by Gasteiger charge is -2.09. The molecule has 0 unspecified atom stereocenters. The fourth-order valence-corrected chi connectivity index (χ4v) is 1.94. The molecule has 2 rings (SSSR count). The van der Waals surface area contributed by atoms with Crippen LogP contribution >= 0.6 is 11.6 Å². The summed E-state index contributed by atoms with van der Waals surface area (Å²) >= 11 is 5.82. The second-order valence-corrected chi connectivity index (χ2v) is 4.77. The molecule has 0 heterocycles. The molecule has 5 nitrogen and oxygen atoms in total. The minimum absolute atomic E-state index is 0.00856. The molecule has 0 spiro atoms. The summed E-state index contributed by atoms with van der Waals surface area (Å²) in [6.45, 7) is 0.684. The molecule has 0 amide bonds. The van der Waals surface area contributed by atoms with Crippen molar-refractivity contribution in [2.45, 2.75) is 6.42 Å².